The average Bonchev–Trinajstić information content (AvgIpc) is 1.85. The zero-order chi connectivity index (χ0) is 8.48. The second-order valence-electron chi connectivity index (χ2n) is 4.22. The highest BCUT2D eigenvalue weighted by Gasteiger charge is 2.29. The molecule has 1 aliphatic rings. The Morgan fingerprint density at radius 1 is 1.36 bits per heavy atom. The SMILES string of the molecule is CN(C)C1CCOC(C)(C)C1. The van der Waals surface area contributed by atoms with Gasteiger partial charge in [-0.3, -0.25) is 0 Å². The number of nitrogens with zero attached hydrogens (tertiary/aromatic N) is 1. The maximum absolute atomic E-state index is 5.62. The molecule has 0 aromatic carbocycles. The minimum atomic E-state index is 0.0905. The molecule has 1 unspecified atom stereocenters. The van der Waals surface area contributed by atoms with Crippen LogP contribution in [0.4, 0.5) is 0 Å². The van der Waals surface area contributed by atoms with E-state index in [0.29, 0.717) is 6.04 Å². The zero-order valence-electron chi connectivity index (χ0n) is 8.05. The van der Waals surface area contributed by atoms with Gasteiger partial charge in [0.25, 0.3) is 0 Å². The first-order valence-corrected chi connectivity index (χ1v) is 4.32. The summed E-state index contributed by atoms with van der Waals surface area (Å²) in [5, 5.41) is 0. The van der Waals surface area contributed by atoms with Crippen molar-refractivity contribution in [3.05, 3.63) is 0 Å². The maximum atomic E-state index is 5.62. The van der Waals surface area contributed by atoms with Gasteiger partial charge in [-0.2, -0.15) is 0 Å². The Hall–Kier alpha value is -0.0800. The van der Waals surface area contributed by atoms with Crippen LogP contribution in [-0.4, -0.2) is 37.2 Å². The Kier molecular flexibility index (Phi) is 2.55. The summed E-state index contributed by atoms with van der Waals surface area (Å²) < 4.78 is 5.62. The van der Waals surface area contributed by atoms with E-state index in [1.165, 1.54) is 6.42 Å². The molecule has 2 nitrogen and oxygen atoms in total. The Morgan fingerprint density at radius 3 is 2.36 bits per heavy atom. The lowest BCUT2D eigenvalue weighted by Gasteiger charge is -2.38. The zero-order valence-corrected chi connectivity index (χ0v) is 8.05. The molecule has 0 aromatic rings. The third kappa shape index (κ3) is 2.46. The van der Waals surface area contributed by atoms with Crippen LogP contribution >= 0.6 is 0 Å². The molecule has 66 valence electrons. The molecule has 0 aliphatic carbocycles. The van der Waals surface area contributed by atoms with E-state index in [1.807, 2.05) is 0 Å². The van der Waals surface area contributed by atoms with Crippen LogP contribution in [0.2, 0.25) is 0 Å². The molecule has 0 amide bonds. The first-order valence-electron chi connectivity index (χ1n) is 4.32. The highest BCUT2D eigenvalue weighted by molar-refractivity contribution is 4.82. The summed E-state index contributed by atoms with van der Waals surface area (Å²) in [7, 11) is 4.29. The fraction of sp³-hybridized carbons (Fsp3) is 1.00. The third-order valence-electron chi connectivity index (χ3n) is 2.40. The lowest BCUT2D eigenvalue weighted by atomic mass is 9.93. The Balaban J connectivity index is 2.46. The van der Waals surface area contributed by atoms with Gasteiger partial charge in [-0.1, -0.05) is 0 Å². The number of hydrogen-bond acceptors (Lipinski definition) is 2. The van der Waals surface area contributed by atoms with Crippen LogP contribution in [0.5, 0.6) is 0 Å². The second-order valence-corrected chi connectivity index (χ2v) is 4.22. The third-order valence-corrected chi connectivity index (χ3v) is 2.40. The molecule has 0 bridgehead atoms. The molecule has 0 aromatic heterocycles. The van der Waals surface area contributed by atoms with Crippen LogP contribution in [-0.2, 0) is 4.74 Å². The van der Waals surface area contributed by atoms with Crippen molar-refractivity contribution >= 4 is 0 Å². The lowest BCUT2D eigenvalue weighted by Crippen LogP contribution is -2.43. The van der Waals surface area contributed by atoms with Gasteiger partial charge in [0.15, 0.2) is 0 Å². The molecule has 0 saturated carbocycles. The standard InChI is InChI=1S/C9H19NO/c1-9(2)7-8(10(3)4)5-6-11-9/h8H,5-7H2,1-4H3. The fourth-order valence-corrected chi connectivity index (χ4v) is 1.64. The van der Waals surface area contributed by atoms with Gasteiger partial charge >= 0.3 is 0 Å². The van der Waals surface area contributed by atoms with Crippen molar-refractivity contribution in [2.24, 2.45) is 0 Å². The van der Waals surface area contributed by atoms with E-state index in [0.717, 1.165) is 13.0 Å². The van der Waals surface area contributed by atoms with Gasteiger partial charge in [0.05, 0.1) is 5.60 Å². The van der Waals surface area contributed by atoms with E-state index >= 15 is 0 Å². The minimum absolute atomic E-state index is 0.0905. The monoisotopic (exact) mass is 157 g/mol. The van der Waals surface area contributed by atoms with Gasteiger partial charge in [-0.05, 0) is 40.8 Å². The van der Waals surface area contributed by atoms with Crippen LogP contribution < -0.4 is 0 Å². The number of ether oxygens (including phenoxy) is 1. The van der Waals surface area contributed by atoms with Gasteiger partial charge in [0.1, 0.15) is 0 Å². The molecule has 0 spiro atoms. The van der Waals surface area contributed by atoms with Gasteiger partial charge in [-0.25, -0.2) is 0 Å². The smallest absolute Gasteiger partial charge is 0.0641 e. The largest absolute Gasteiger partial charge is 0.375 e. The van der Waals surface area contributed by atoms with Crippen molar-refractivity contribution in [2.45, 2.75) is 38.3 Å². The summed E-state index contributed by atoms with van der Waals surface area (Å²) in [6.45, 7) is 5.25. The van der Waals surface area contributed by atoms with E-state index in [9.17, 15) is 0 Å². The molecule has 1 fully saturated rings. The molecule has 11 heavy (non-hydrogen) atoms. The summed E-state index contributed by atoms with van der Waals surface area (Å²) in [4.78, 5) is 2.30. The van der Waals surface area contributed by atoms with Crippen molar-refractivity contribution in [3.8, 4) is 0 Å². The topological polar surface area (TPSA) is 12.5 Å². The van der Waals surface area contributed by atoms with E-state index in [1.54, 1.807) is 0 Å². The first kappa shape index (κ1) is 9.01. The van der Waals surface area contributed by atoms with Crippen LogP contribution in [0.1, 0.15) is 26.7 Å². The van der Waals surface area contributed by atoms with Crippen LogP contribution in [0.15, 0.2) is 0 Å². The van der Waals surface area contributed by atoms with Crippen molar-refractivity contribution < 1.29 is 4.74 Å². The van der Waals surface area contributed by atoms with E-state index in [-0.39, 0.29) is 5.60 Å². The molecule has 1 heterocycles. The normalized spacial score (nSPS) is 30.8. The first-order chi connectivity index (χ1) is 5.01. The highest BCUT2D eigenvalue weighted by atomic mass is 16.5. The van der Waals surface area contributed by atoms with Crippen molar-refractivity contribution in [3.63, 3.8) is 0 Å². The maximum Gasteiger partial charge on any atom is 0.0641 e. The predicted octanol–water partition coefficient (Wildman–Crippen LogP) is 1.51. The molecule has 1 aliphatic heterocycles. The average molecular weight is 157 g/mol. The molecule has 2 heteroatoms. The van der Waals surface area contributed by atoms with E-state index < -0.39 is 0 Å². The lowest BCUT2D eigenvalue weighted by molar-refractivity contribution is -0.0769. The second kappa shape index (κ2) is 3.11. The molecule has 1 saturated heterocycles. The van der Waals surface area contributed by atoms with Gasteiger partial charge < -0.3 is 9.64 Å². The van der Waals surface area contributed by atoms with Gasteiger partial charge in [0, 0.05) is 12.6 Å². The summed E-state index contributed by atoms with van der Waals surface area (Å²) in [6.07, 6.45) is 2.33. The molecule has 0 N–H and O–H groups in total. The number of hydrogen-bond donors (Lipinski definition) is 0. The molecule has 1 rings (SSSR count). The van der Waals surface area contributed by atoms with Crippen LogP contribution in [0.25, 0.3) is 0 Å². The summed E-state index contributed by atoms with van der Waals surface area (Å²) in [5.41, 5.74) is 0.0905. The fourth-order valence-electron chi connectivity index (χ4n) is 1.64. The number of rotatable bonds is 1. The Morgan fingerprint density at radius 2 is 2.00 bits per heavy atom. The molecular weight excluding hydrogens is 138 g/mol. The summed E-state index contributed by atoms with van der Waals surface area (Å²) >= 11 is 0. The molecule has 0 radical (unpaired) electrons. The van der Waals surface area contributed by atoms with Crippen LogP contribution in [0.3, 0.4) is 0 Å². The Labute approximate surface area is 69.5 Å². The highest BCUT2D eigenvalue weighted by Crippen LogP contribution is 2.25. The van der Waals surface area contributed by atoms with Crippen LogP contribution in [0, 0.1) is 0 Å². The van der Waals surface area contributed by atoms with E-state index in [2.05, 4.69) is 32.8 Å². The molecular formula is C9H19NO. The van der Waals surface area contributed by atoms with Gasteiger partial charge in [0.2, 0.25) is 0 Å². The molecule has 1 atom stereocenters. The summed E-state index contributed by atoms with van der Waals surface area (Å²) in [5.74, 6) is 0. The van der Waals surface area contributed by atoms with Crippen molar-refractivity contribution in [1.82, 2.24) is 4.90 Å². The Bertz CT molecular complexity index is 132. The van der Waals surface area contributed by atoms with E-state index in [4.69, 9.17) is 4.74 Å². The van der Waals surface area contributed by atoms with Crippen molar-refractivity contribution in [1.29, 1.82) is 0 Å². The predicted molar refractivity (Wildman–Crippen MR) is 46.7 cm³/mol. The summed E-state index contributed by atoms with van der Waals surface area (Å²) in [6, 6.07) is 0.707. The van der Waals surface area contributed by atoms with Crippen molar-refractivity contribution in [2.75, 3.05) is 20.7 Å². The van der Waals surface area contributed by atoms with Gasteiger partial charge in [-0.15, -0.1) is 0 Å². The quantitative estimate of drug-likeness (QED) is 0.572. The minimum Gasteiger partial charge on any atom is -0.375 e.